The molecule has 7 heteroatoms. The van der Waals surface area contributed by atoms with Crippen LogP contribution in [-0.4, -0.2) is 33.2 Å². The quantitative estimate of drug-likeness (QED) is 0.889. The van der Waals surface area contributed by atoms with Crippen molar-refractivity contribution >= 4 is 9.84 Å². The van der Waals surface area contributed by atoms with Crippen LogP contribution in [0.4, 0.5) is 0 Å². The number of sulfone groups is 1. The van der Waals surface area contributed by atoms with Crippen LogP contribution < -0.4 is 14.2 Å². The highest BCUT2D eigenvalue weighted by atomic mass is 32.2. The lowest BCUT2D eigenvalue weighted by molar-refractivity contribution is 0.0816. The maximum absolute atomic E-state index is 12.6. The van der Waals surface area contributed by atoms with Gasteiger partial charge in [-0.3, -0.25) is 0 Å². The first-order valence-electron chi connectivity index (χ1n) is 7.31. The minimum absolute atomic E-state index is 0.116. The molecule has 0 amide bonds. The molecule has 1 N–H and O–H groups in total. The van der Waals surface area contributed by atoms with E-state index >= 15 is 0 Å². The Hall–Kier alpha value is -2.25. The molecule has 0 saturated heterocycles. The third-order valence-electron chi connectivity index (χ3n) is 3.88. The van der Waals surface area contributed by atoms with Crippen LogP contribution in [0.15, 0.2) is 47.4 Å². The molecule has 2 aromatic rings. The lowest BCUT2D eigenvalue weighted by atomic mass is 9.98. The largest absolute Gasteiger partial charge is 0.497 e. The van der Waals surface area contributed by atoms with E-state index in [1.165, 1.54) is 26.2 Å². The number of rotatable bonds is 5. The summed E-state index contributed by atoms with van der Waals surface area (Å²) in [6.45, 7) is 1.58. The fourth-order valence-electron chi connectivity index (χ4n) is 2.55. The summed E-state index contributed by atoms with van der Waals surface area (Å²) >= 11 is 0. The SMILES string of the molecule is COc1ccc(S(=O)(=O)CC(C)(O)c2ccc3c(c2)OCO3)cc1. The third-order valence-corrected chi connectivity index (χ3v) is 5.82. The van der Waals surface area contributed by atoms with Crippen LogP contribution in [0.2, 0.25) is 0 Å². The molecule has 0 aliphatic carbocycles. The second-order valence-corrected chi connectivity index (χ2v) is 7.77. The number of hydrogen-bond donors (Lipinski definition) is 1. The molecule has 1 atom stereocenters. The molecule has 0 fully saturated rings. The predicted molar refractivity (Wildman–Crippen MR) is 87.2 cm³/mol. The Morgan fingerprint density at radius 3 is 2.46 bits per heavy atom. The Bertz CT molecular complexity index is 840. The van der Waals surface area contributed by atoms with Gasteiger partial charge < -0.3 is 19.3 Å². The van der Waals surface area contributed by atoms with E-state index < -0.39 is 21.2 Å². The summed E-state index contributed by atoms with van der Waals surface area (Å²) in [6.07, 6.45) is 0. The van der Waals surface area contributed by atoms with Gasteiger partial charge >= 0.3 is 0 Å². The average Bonchev–Trinajstić information content (AvgIpc) is 3.01. The van der Waals surface area contributed by atoms with Crippen LogP contribution in [-0.2, 0) is 15.4 Å². The van der Waals surface area contributed by atoms with E-state index in [1.54, 1.807) is 30.3 Å². The number of methoxy groups -OCH3 is 1. The van der Waals surface area contributed by atoms with Crippen LogP contribution in [0, 0.1) is 0 Å². The summed E-state index contributed by atoms with van der Waals surface area (Å²) in [5.41, 5.74) is -1.12. The molecule has 2 aromatic carbocycles. The van der Waals surface area contributed by atoms with Crippen molar-refractivity contribution in [3.05, 3.63) is 48.0 Å². The molecule has 128 valence electrons. The Kier molecular flexibility index (Phi) is 4.15. The van der Waals surface area contributed by atoms with E-state index in [4.69, 9.17) is 14.2 Å². The number of fused-ring (bicyclic) bond motifs is 1. The van der Waals surface area contributed by atoms with Gasteiger partial charge in [0.15, 0.2) is 21.3 Å². The van der Waals surface area contributed by atoms with Gasteiger partial charge in [-0.05, 0) is 48.9 Å². The normalized spacial score (nSPS) is 15.8. The molecule has 0 aromatic heterocycles. The monoisotopic (exact) mass is 350 g/mol. The van der Waals surface area contributed by atoms with Gasteiger partial charge in [0.2, 0.25) is 6.79 Å². The topological polar surface area (TPSA) is 82.1 Å². The van der Waals surface area contributed by atoms with E-state index in [9.17, 15) is 13.5 Å². The highest BCUT2D eigenvalue weighted by Crippen LogP contribution is 2.36. The molecule has 0 spiro atoms. The van der Waals surface area contributed by atoms with E-state index in [0.29, 0.717) is 22.8 Å². The van der Waals surface area contributed by atoms with Crippen molar-refractivity contribution in [3.63, 3.8) is 0 Å². The molecule has 0 radical (unpaired) electrons. The lowest BCUT2D eigenvalue weighted by Crippen LogP contribution is -2.31. The van der Waals surface area contributed by atoms with Gasteiger partial charge in [0.1, 0.15) is 11.4 Å². The number of aliphatic hydroxyl groups is 1. The van der Waals surface area contributed by atoms with Crippen LogP contribution in [0.3, 0.4) is 0 Å². The third kappa shape index (κ3) is 3.18. The fourth-order valence-corrected chi connectivity index (χ4v) is 4.18. The van der Waals surface area contributed by atoms with E-state index in [1.807, 2.05) is 0 Å². The van der Waals surface area contributed by atoms with Crippen molar-refractivity contribution in [1.29, 1.82) is 0 Å². The molecule has 3 rings (SSSR count). The summed E-state index contributed by atoms with van der Waals surface area (Å²) in [5.74, 6) is 1.19. The zero-order valence-electron chi connectivity index (χ0n) is 13.4. The Balaban J connectivity index is 1.87. The van der Waals surface area contributed by atoms with Crippen molar-refractivity contribution in [2.45, 2.75) is 17.4 Å². The fraction of sp³-hybridized carbons (Fsp3) is 0.294. The molecule has 24 heavy (non-hydrogen) atoms. The molecule has 1 heterocycles. The maximum atomic E-state index is 12.6. The van der Waals surface area contributed by atoms with Gasteiger partial charge in [-0.15, -0.1) is 0 Å². The van der Waals surface area contributed by atoms with E-state index in [-0.39, 0.29) is 11.7 Å². The highest BCUT2D eigenvalue weighted by Gasteiger charge is 2.32. The summed E-state index contributed by atoms with van der Waals surface area (Å²) in [5, 5.41) is 10.7. The predicted octanol–water partition coefficient (Wildman–Crippen LogP) is 2.11. The Morgan fingerprint density at radius 1 is 1.12 bits per heavy atom. The zero-order valence-corrected chi connectivity index (χ0v) is 14.2. The standard InChI is InChI=1S/C17H18O6S/c1-17(18,12-3-8-15-16(9-12)23-11-22-15)10-24(19,20)14-6-4-13(21-2)5-7-14/h3-9,18H,10-11H2,1-2H3. The molecule has 1 aliphatic heterocycles. The van der Waals surface area contributed by atoms with Gasteiger partial charge in [0.05, 0.1) is 17.8 Å². The van der Waals surface area contributed by atoms with Crippen LogP contribution >= 0.6 is 0 Å². The number of hydrogen-bond acceptors (Lipinski definition) is 6. The molecule has 0 saturated carbocycles. The summed E-state index contributed by atoms with van der Waals surface area (Å²) in [4.78, 5) is 0.129. The van der Waals surface area contributed by atoms with Gasteiger partial charge in [0, 0.05) is 0 Å². The minimum Gasteiger partial charge on any atom is -0.497 e. The van der Waals surface area contributed by atoms with Crippen LogP contribution in [0.5, 0.6) is 17.2 Å². The second-order valence-electron chi connectivity index (χ2n) is 5.78. The molecular formula is C17H18O6S. The number of ether oxygens (including phenoxy) is 3. The molecule has 1 unspecified atom stereocenters. The summed E-state index contributed by atoms with van der Waals surface area (Å²) < 4.78 is 40.7. The van der Waals surface area contributed by atoms with Gasteiger partial charge in [-0.25, -0.2) is 8.42 Å². The molecule has 1 aliphatic rings. The van der Waals surface area contributed by atoms with Crippen molar-refractivity contribution in [2.75, 3.05) is 19.7 Å². The van der Waals surface area contributed by atoms with E-state index in [2.05, 4.69) is 0 Å². The molecule has 0 bridgehead atoms. The van der Waals surface area contributed by atoms with E-state index in [0.717, 1.165) is 0 Å². The van der Waals surface area contributed by atoms with Crippen LogP contribution in [0.1, 0.15) is 12.5 Å². The Morgan fingerprint density at radius 2 is 1.79 bits per heavy atom. The van der Waals surface area contributed by atoms with Crippen LogP contribution in [0.25, 0.3) is 0 Å². The molecular weight excluding hydrogens is 332 g/mol. The average molecular weight is 350 g/mol. The first-order chi connectivity index (χ1) is 11.3. The smallest absolute Gasteiger partial charge is 0.231 e. The van der Waals surface area contributed by atoms with Crippen molar-refractivity contribution in [1.82, 2.24) is 0 Å². The first-order valence-corrected chi connectivity index (χ1v) is 8.96. The summed E-state index contributed by atoms with van der Waals surface area (Å²) in [7, 11) is -2.17. The van der Waals surface area contributed by atoms with Gasteiger partial charge in [0.25, 0.3) is 0 Å². The maximum Gasteiger partial charge on any atom is 0.231 e. The lowest BCUT2D eigenvalue weighted by Gasteiger charge is -2.24. The van der Waals surface area contributed by atoms with Gasteiger partial charge in [-0.2, -0.15) is 0 Å². The minimum atomic E-state index is -3.68. The van der Waals surface area contributed by atoms with Crippen molar-refractivity contribution < 1.29 is 27.7 Å². The van der Waals surface area contributed by atoms with Crippen molar-refractivity contribution in [2.24, 2.45) is 0 Å². The zero-order chi connectivity index (χ0) is 17.4. The van der Waals surface area contributed by atoms with Gasteiger partial charge in [-0.1, -0.05) is 6.07 Å². The first kappa shape index (κ1) is 16.6. The summed E-state index contributed by atoms with van der Waals surface area (Å²) in [6, 6.07) is 11.0. The highest BCUT2D eigenvalue weighted by molar-refractivity contribution is 7.91. The molecule has 6 nitrogen and oxygen atoms in total. The number of benzene rings is 2. The second kappa shape index (κ2) is 5.99. The van der Waals surface area contributed by atoms with Crippen molar-refractivity contribution in [3.8, 4) is 17.2 Å². The Labute approximate surface area is 140 Å².